The fraction of sp³-hybridized carbons (Fsp3) is 0.538. The van der Waals surface area contributed by atoms with Gasteiger partial charge in [0.1, 0.15) is 12.4 Å². The van der Waals surface area contributed by atoms with Crippen LogP contribution in [0.5, 0.6) is 5.88 Å². The average Bonchev–Trinajstić information content (AvgIpc) is 2.91. The van der Waals surface area contributed by atoms with Gasteiger partial charge in [-0.05, 0) is 13.1 Å². The van der Waals surface area contributed by atoms with Crippen molar-refractivity contribution in [2.45, 2.75) is 13.8 Å². The highest BCUT2D eigenvalue weighted by atomic mass is 16.5. The number of hydrogen-bond acceptors (Lipinski definition) is 5. The van der Waals surface area contributed by atoms with Crippen LogP contribution >= 0.6 is 0 Å². The van der Waals surface area contributed by atoms with Crippen molar-refractivity contribution in [3.05, 3.63) is 18.6 Å². The van der Waals surface area contributed by atoms with E-state index in [0.717, 1.165) is 31.1 Å². The van der Waals surface area contributed by atoms with Crippen molar-refractivity contribution < 1.29 is 4.74 Å². The molecule has 19 heavy (non-hydrogen) atoms. The molecule has 1 N–H and O–H groups in total. The second kappa shape index (κ2) is 6.38. The van der Waals surface area contributed by atoms with E-state index in [-0.39, 0.29) is 0 Å². The molecule has 104 valence electrons. The molecular weight excluding hydrogens is 242 g/mol. The Morgan fingerprint density at radius 2 is 2.16 bits per heavy atom. The Kier molecular flexibility index (Phi) is 4.57. The van der Waals surface area contributed by atoms with Gasteiger partial charge in [-0.1, -0.05) is 13.8 Å². The van der Waals surface area contributed by atoms with Crippen molar-refractivity contribution in [2.75, 3.05) is 38.6 Å². The van der Waals surface area contributed by atoms with Crippen molar-refractivity contribution in [3.63, 3.8) is 0 Å². The van der Waals surface area contributed by atoms with E-state index in [1.807, 2.05) is 23.8 Å². The summed E-state index contributed by atoms with van der Waals surface area (Å²) in [6.07, 6.45) is 5.52. The number of rotatable bonds is 7. The van der Waals surface area contributed by atoms with Crippen molar-refractivity contribution >= 4 is 11.5 Å². The second-order valence-electron chi connectivity index (χ2n) is 4.21. The van der Waals surface area contributed by atoms with Crippen LogP contribution < -0.4 is 10.1 Å². The molecule has 0 spiro atoms. The molecule has 6 heteroatoms. The van der Waals surface area contributed by atoms with Crippen LogP contribution in [-0.4, -0.2) is 52.6 Å². The minimum Gasteiger partial charge on any atom is -0.474 e. The molecule has 0 fully saturated rings. The van der Waals surface area contributed by atoms with E-state index in [2.05, 4.69) is 34.0 Å². The molecule has 0 aliphatic carbocycles. The number of fused-ring (bicyclic) bond motifs is 1. The van der Waals surface area contributed by atoms with E-state index < -0.39 is 0 Å². The van der Waals surface area contributed by atoms with Crippen LogP contribution in [0.2, 0.25) is 0 Å². The topological polar surface area (TPSA) is 54.7 Å². The number of anilines is 1. The predicted octanol–water partition coefficient (Wildman–Crippen LogP) is 1.49. The maximum absolute atomic E-state index is 5.78. The first-order valence-corrected chi connectivity index (χ1v) is 6.65. The first-order valence-electron chi connectivity index (χ1n) is 6.65. The zero-order chi connectivity index (χ0) is 13.7. The zero-order valence-corrected chi connectivity index (χ0v) is 11.8. The Hall–Kier alpha value is -1.82. The summed E-state index contributed by atoms with van der Waals surface area (Å²) in [7, 11) is 1.84. The van der Waals surface area contributed by atoms with Crippen LogP contribution in [0.1, 0.15) is 13.8 Å². The molecule has 0 aliphatic heterocycles. The maximum atomic E-state index is 5.78. The van der Waals surface area contributed by atoms with E-state index in [1.54, 1.807) is 6.20 Å². The van der Waals surface area contributed by atoms with Crippen molar-refractivity contribution in [1.29, 1.82) is 0 Å². The van der Waals surface area contributed by atoms with Crippen LogP contribution in [0.3, 0.4) is 0 Å². The predicted molar refractivity (Wildman–Crippen MR) is 75.8 cm³/mol. The molecule has 0 saturated carbocycles. The summed E-state index contributed by atoms with van der Waals surface area (Å²) in [4.78, 5) is 11.0. The normalized spacial score (nSPS) is 11.2. The van der Waals surface area contributed by atoms with E-state index >= 15 is 0 Å². The van der Waals surface area contributed by atoms with Crippen molar-refractivity contribution in [3.8, 4) is 5.88 Å². The highest BCUT2D eigenvalue weighted by Gasteiger charge is 2.08. The lowest BCUT2D eigenvalue weighted by Crippen LogP contribution is -2.28. The first kappa shape index (κ1) is 13.6. The van der Waals surface area contributed by atoms with Crippen molar-refractivity contribution in [1.82, 2.24) is 19.3 Å². The quantitative estimate of drug-likeness (QED) is 0.820. The Balaban J connectivity index is 2.08. The lowest BCUT2D eigenvalue weighted by molar-refractivity contribution is 0.219. The second-order valence-corrected chi connectivity index (χ2v) is 4.21. The maximum Gasteiger partial charge on any atom is 0.260 e. The summed E-state index contributed by atoms with van der Waals surface area (Å²) < 4.78 is 7.69. The molecule has 2 heterocycles. The van der Waals surface area contributed by atoms with Gasteiger partial charge in [-0.15, -0.1) is 0 Å². The third kappa shape index (κ3) is 3.14. The zero-order valence-electron chi connectivity index (χ0n) is 11.8. The van der Waals surface area contributed by atoms with Gasteiger partial charge >= 0.3 is 0 Å². The molecule has 2 aromatic rings. The largest absolute Gasteiger partial charge is 0.474 e. The van der Waals surface area contributed by atoms with Gasteiger partial charge in [0.15, 0.2) is 0 Å². The van der Waals surface area contributed by atoms with Crippen LogP contribution in [-0.2, 0) is 0 Å². The number of ether oxygens (including phenoxy) is 1. The lowest BCUT2D eigenvalue weighted by Gasteiger charge is -2.18. The number of imidazole rings is 1. The third-order valence-corrected chi connectivity index (χ3v) is 3.14. The summed E-state index contributed by atoms with van der Waals surface area (Å²) in [5, 5.41) is 3.02. The van der Waals surface area contributed by atoms with Crippen LogP contribution in [0.15, 0.2) is 18.6 Å². The van der Waals surface area contributed by atoms with Gasteiger partial charge in [-0.3, -0.25) is 4.40 Å². The molecule has 0 atom stereocenters. The fourth-order valence-electron chi connectivity index (χ4n) is 1.93. The number of likely N-dealkylation sites (N-methyl/N-ethyl adjacent to an activating group) is 1. The Morgan fingerprint density at radius 3 is 2.84 bits per heavy atom. The van der Waals surface area contributed by atoms with Crippen LogP contribution in [0.4, 0.5) is 5.82 Å². The standard InChI is InChI=1S/C13H21N5O/c1-4-17(5-2)8-9-19-13-12-15-6-7-18(12)10-11(14-3)16-13/h6-7,10,14H,4-5,8-9H2,1-3H3. The lowest BCUT2D eigenvalue weighted by atomic mass is 10.5. The minimum atomic E-state index is 0.573. The first-order chi connectivity index (χ1) is 9.28. The highest BCUT2D eigenvalue weighted by molar-refractivity contribution is 5.53. The molecule has 0 saturated heterocycles. The SMILES string of the molecule is CCN(CC)CCOc1nc(NC)cn2ccnc12. The Bertz CT molecular complexity index is 521. The molecule has 0 aliphatic rings. The molecule has 0 aromatic carbocycles. The van der Waals surface area contributed by atoms with E-state index in [0.29, 0.717) is 12.5 Å². The number of aromatic nitrogens is 3. The van der Waals surface area contributed by atoms with Gasteiger partial charge in [0, 0.05) is 26.0 Å². The monoisotopic (exact) mass is 263 g/mol. The summed E-state index contributed by atoms with van der Waals surface area (Å²) >= 11 is 0. The summed E-state index contributed by atoms with van der Waals surface area (Å²) in [6.45, 7) is 7.87. The molecule has 0 unspecified atom stereocenters. The van der Waals surface area contributed by atoms with Crippen LogP contribution in [0, 0.1) is 0 Å². The summed E-state index contributed by atoms with van der Waals surface area (Å²) in [5.74, 6) is 1.34. The summed E-state index contributed by atoms with van der Waals surface area (Å²) in [5.41, 5.74) is 0.749. The van der Waals surface area contributed by atoms with E-state index in [9.17, 15) is 0 Å². The summed E-state index contributed by atoms with van der Waals surface area (Å²) in [6, 6.07) is 0. The van der Waals surface area contributed by atoms with Gasteiger partial charge in [-0.25, -0.2) is 4.98 Å². The smallest absolute Gasteiger partial charge is 0.260 e. The number of hydrogen-bond donors (Lipinski definition) is 1. The van der Waals surface area contributed by atoms with Crippen molar-refractivity contribution in [2.24, 2.45) is 0 Å². The molecule has 2 aromatic heterocycles. The minimum absolute atomic E-state index is 0.573. The highest BCUT2D eigenvalue weighted by Crippen LogP contribution is 2.18. The fourth-order valence-corrected chi connectivity index (χ4v) is 1.93. The number of nitrogens with zero attached hydrogens (tertiary/aromatic N) is 4. The molecule has 0 radical (unpaired) electrons. The van der Waals surface area contributed by atoms with E-state index in [1.165, 1.54) is 0 Å². The van der Waals surface area contributed by atoms with Gasteiger partial charge in [0.05, 0.1) is 6.20 Å². The van der Waals surface area contributed by atoms with Gasteiger partial charge in [-0.2, -0.15) is 4.98 Å². The molecule has 0 bridgehead atoms. The van der Waals surface area contributed by atoms with Gasteiger partial charge < -0.3 is 15.0 Å². The molecular formula is C13H21N5O. The van der Waals surface area contributed by atoms with Gasteiger partial charge in [0.25, 0.3) is 5.88 Å². The molecule has 6 nitrogen and oxygen atoms in total. The molecule has 2 rings (SSSR count). The van der Waals surface area contributed by atoms with Gasteiger partial charge in [0.2, 0.25) is 5.65 Å². The number of nitrogens with one attached hydrogen (secondary N) is 1. The Morgan fingerprint density at radius 1 is 1.37 bits per heavy atom. The van der Waals surface area contributed by atoms with E-state index in [4.69, 9.17) is 4.74 Å². The van der Waals surface area contributed by atoms with Crippen LogP contribution in [0.25, 0.3) is 5.65 Å². The Labute approximate surface area is 113 Å². The molecule has 0 amide bonds. The average molecular weight is 263 g/mol. The third-order valence-electron chi connectivity index (χ3n) is 3.14.